The number of carbonyl (C=O) groups excluding carboxylic acids is 1. The van der Waals surface area contributed by atoms with Gasteiger partial charge in [-0.05, 0) is 5.92 Å². The smallest absolute Gasteiger partial charge is 0.314 e. The first-order valence-electron chi connectivity index (χ1n) is 4.68. The van der Waals surface area contributed by atoms with Crippen LogP contribution in [0.5, 0.6) is 0 Å². The predicted molar refractivity (Wildman–Crippen MR) is 53.0 cm³/mol. The van der Waals surface area contributed by atoms with E-state index in [2.05, 4.69) is 10.6 Å². The molecule has 14 heavy (non-hydrogen) atoms. The molecule has 0 aliphatic rings. The fourth-order valence-electron chi connectivity index (χ4n) is 0.692. The van der Waals surface area contributed by atoms with E-state index in [1.165, 1.54) is 0 Å². The van der Waals surface area contributed by atoms with E-state index in [0.29, 0.717) is 12.5 Å². The molecular formula is C9H18N2O3. The van der Waals surface area contributed by atoms with Gasteiger partial charge in [-0.25, -0.2) is 4.79 Å². The summed E-state index contributed by atoms with van der Waals surface area (Å²) in [6, 6.07) is -0.313. The van der Waals surface area contributed by atoms with E-state index in [9.17, 15) is 9.59 Å². The fourth-order valence-corrected chi connectivity index (χ4v) is 0.692. The minimum absolute atomic E-state index is 0.152. The Balaban J connectivity index is 3.59. The molecule has 0 aliphatic carbocycles. The Morgan fingerprint density at radius 1 is 1.14 bits per heavy atom. The summed E-state index contributed by atoms with van der Waals surface area (Å²) in [7, 11) is 0. The average molecular weight is 202 g/mol. The van der Waals surface area contributed by atoms with Crippen molar-refractivity contribution in [3.05, 3.63) is 0 Å². The number of carboxylic acid groups (broad SMARTS) is 1. The van der Waals surface area contributed by atoms with Crippen LogP contribution in [0, 0.1) is 11.8 Å². The number of urea groups is 1. The summed E-state index contributed by atoms with van der Waals surface area (Å²) in [6.45, 7) is 6.26. The molecule has 0 bridgehead atoms. The van der Waals surface area contributed by atoms with E-state index in [1.807, 2.05) is 13.8 Å². The van der Waals surface area contributed by atoms with Crippen LogP contribution >= 0.6 is 0 Å². The zero-order chi connectivity index (χ0) is 11.1. The summed E-state index contributed by atoms with van der Waals surface area (Å²) in [5.41, 5.74) is 0. The van der Waals surface area contributed by atoms with Gasteiger partial charge in [0.15, 0.2) is 0 Å². The van der Waals surface area contributed by atoms with E-state index in [-0.39, 0.29) is 12.6 Å². The van der Waals surface area contributed by atoms with Gasteiger partial charge in [-0.3, -0.25) is 4.79 Å². The molecule has 3 N–H and O–H groups in total. The zero-order valence-corrected chi connectivity index (χ0v) is 8.83. The van der Waals surface area contributed by atoms with Crippen molar-refractivity contribution in [2.45, 2.75) is 20.8 Å². The van der Waals surface area contributed by atoms with Crippen molar-refractivity contribution in [2.24, 2.45) is 11.8 Å². The third-order valence-corrected chi connectivity index (χ3v) is 1.66. The fraction of sp³-hybridized carbons (Fsp3) is 0.778. The van der Waals surface area contributed by atoms with Crippen LogP contribution < -0.4 is 10.6 Å². The summed E-state index contributed by atoms with van der Waals surface area (Å²) in [6.07, 6.45) is 0. The molecule has 0 saturated heterocycles. The van der Waals surface area contributed by atoms with Crippen LogP contribution in [0.1, 0.15) is 20.8 Å². The standard InChI is InChI=1S/C9H18N2O3/c1-6(2)4-10-9(14)11-5-7(3)8(12)13/h6-7H,4-5H2,1-3H3,(H,12,13)(H2,10,11,14). The molecule has 82 valence electrons. The highest BCUT2D eigenvalue weighted by molar-refractivity contribution is 5.75. The maximum atomic E-state index is 11.1. The van der Waals surface area contributed by atoms with Gasteiger partial charge in [0.05, 0.1) is 5.92 Å². The molecule has 5 heteroatoms. The van der Waals surface area contributed by atoms with Crippen LogP contribution in [-0.2, 0) is 4.79 Å². The van der Waals surface area contributed by atoms with Gasteiger partial charge in [0.2, 0.25) is 0 Å². The summed E-state index contributed by atoms with van der Waals surface area (Å²) < 4.78 is 0. The SMILES string of the molecule is CC(C)CNC(=O)NCC(C)C(=O)O. The first-order valence-corrected chi connectivity index (χ1v) is 4.68. The highest BCUT2D eigenvalue weighted by Crippen LogP contribution is 1.91. The maximum absolute atomic E-state index is 11.1. The Hall–Kier alpha value is -1.26. The van der Waals surface area contributed by atoms with Gasteiger partial charge in [-0.1, -0.05) is 20.8 Å². The molecular weight excluding hydrogens is 184 g/mol. The number of amides is 2. The molecule has 5 nitrogen and oxygen atoms in total. The van der Waals surface area contributed by atoms with Crippen LogP contribution in [0.3, 0.4) is 0 Å². The van der Waals surface area contributed by atoms with E-state index in [0.717, 1.165) is 0 Å². The van der Waals surface area contributed by atoms with Crippen LogP contribution in [-0.4, -0.2) is 30.2 Å². The molecule has 0 aromatic heterocycles. The molecule has 0 spiro atoms. The molecule has 0 saturated carbocycles. The van der Waals surface area contributed by atoms with Crippen LogP contribution in [0.2, 0.25) is 0 Å². The van der Waals surface area contributed by atoms with Crippen molar-refractivity contribution < 1.29 is 14.7 Å². The van der Waals surface area contributed by atoms with Crippen LogP contribution in [0.4, 0.5) is 4.79 Å². The van der Waals surface area contributed by atoms with Crippen molar-refractivity contribution in [3.63, 3.8) is 0 Å². The van der Waals surface area contributed by atoms with Gasteiger partial charge in [-0.2, -0.15) is 0 Å². The number of nitrogens with one attached hydrogen (secondary N) is 2. The molecule has 0 aliphatic heterocycles. The maximum Gasteiger partial charge on any atom is 0.314 e. The molecule has 2 amide bonds. The highest BCUT2D eigenvalue weighted by Gasteiger charge is 2.11. The van der Waals surface area contributed by atoms with Crippen molar-refractivity contribution in [2.75, 3.05) is 13.1 Å². The van der Waals surface area contributed by atoms with Gasteiger partial charge in [0.25, 0.3) is 0 Å². The van der Waals surface area contributed by atoms with Gasteiger partial charge in [-0.15, -0.1) is 0 Å². The summed E-state index contributed by atoms with van der Waals surface area (Å²) in [4.78, 5) is 21.5. The Kier molecular flexibility index (Phi) is 5.67. The van der Waals surface area contributed by atoms with Crippen molar-refractivity contribution in [1.82, 2.24) is 10.6 Å². The summed E-state index contributed by atoms with van der Waals surface area (Å²) >= 11 is 0. The number of hydrogen-bond donors (Lipinski definition) is 3. The third kappa shape index (κ3) is 6.28. The second-order valence-electron chi connectivity index (χ2n) is 3.72. The second-order valence-corrected chi connectivity index (χ2v) is 3.72. The number of carbonyl (C=O) groups is 2. The Bertz CT molecular complexity index is 204. The lowest BCUT2D eigenvalue weighted by Crippen LogP contribution is -2.40. The van der Waals surface area contributed by atoms with Crippen molar-refractivity contribution in [3.8, 4) is 0 Å². The first kappa shape index (κ1) is 12.7. The van der Waals surface area contributed by atoms with E-state index in [1.54, 1.807) is 6.92 Å². The minimum atomic E-state index is -0.908. The number of rotatable bonds is 5. The van der Waals surface area contributed by atoms with Crippen molar-refractivity contribution >= 4 is 12.0 Å². The Labute approximate surface area is 83.9 Å². The summed E-state index contributed by atoms with van der Waals surface area (Å²) in [5.74, 6) is -1.08. The Morgan fingerprint density at radius 2 is 1.64 bits per heavy atom. The lowest BCUT2D eigenvalue weighted by Gasteiger charge is -2.10. The van der Waals surface area contributed by atoms with E-state index >= 15 is 0 Å². The van der Waals surface area contributed by atoms with Gasteiger partial charge < -0.3 is 15.7 Å². The molecule has 0 heterocycles. The number of carboxylic acids is 1. The third-order valence-electron chi connectivity index (χ3n) is 1.66. The molecule has 1 atom stereocenters. The van der Waals surface area contributed by atoms with Gasteiger partial charge >= 0.3 is 12.0 Å². The van der Waals surface area contributed by atoms with Crippen molar-refractivity contribution in [1.29, 1.82) is 0 Å². The zero-order valence-electron chi connectivity index (χ0n) is 8.83. The molecule has 0 aromatic rings. The topological polar surface area (TPSA) is 78.4 Å². The molecule has 1 unspecified atom stereocenters. The monoisotopic (exact) mass is 202 g/mol. The van der Waals surface area contributed by atoms with E-state index in [4.69, 9.17) is 5.11 Å². The van der Waals surface area contributed by atoms with Gasteiger partial charge in [0.1, 0.15) is 0 Å². The largest absolute Gasteiger partial charge is 0.481 e. The molecule has 0 rings (SSSR count). The highest BCUT2D eigenvalue weighted by atomic mass is 16.4. The normalized spacial score (nSPS) is 12.3. The molecule has 0 fully saturated rings. The quantitative estimate of drug-likeness (QED) is 0.613. The van der Waals surface area contributed by atoms with Crippen LogP contribution in [0.25, 0.3) is 0 Å². The second kappa shape index (κ2) is 6.23. The molecule has 0 aromatic carbocycles. The molecule has 0 radical (unpaired) electrons. The van der Waals surface area contributed by atoms with Crippen LogP contribution in [0.15, 0.2) is 0 Å². The lowest BCUT2D eigenvalue weighted by molar-refractivity contribution is -0.140. The number of aliphatic carboxylic acids is 1. The number of hydrogen-bond acceptors (Lipinski definition) is 2. The van der Waals surface area contributed by atoms with Gasteiger partial charge in [0, 0.05) is 13.1 Å². The predicted octanol–water partition coefficient (Wildman–Crippen LogP) is 0.662. The Morgan fingerprint density at radius 3 is 2.07 bits per heavy atom. The first-order chi connectivity index (χ1) is 6.43. The lowest BCUT2D eigenvalue weighted by atomic mass is 10.2. The minimum Gasteiger partial charge on any atom is -0.481 e. The summed E-state index contributed by atoms with van der Waals surface area (Å²) in [5, 5.41) is 13.7. The average Bonchev–Trinajstić information content (AvgIpc) is 2.10. The van der Waals surface area contributed by atoms with E-state index < -0.39 is 11.9 Å².